The predicted molar refractivity (Wildman–Crippen MR) is 102 cm³/mol. The minimum absolute atomic E-state index is 0.103. The third-order valence-electron chi connectivity index (χ3n) is 5.06. The molecule has 26 heavy (non-hydrogen) atoms. The van der Waals surface area contributed by atoms with Crippen LogP contribution in [0.2, 0.25) is 0 Å². The van der Waals surface area contributed by atoms with Crippen LogP contribution in [-0.2, 0) is 11.2 Å². The van der Waals surface area contributed by atoms with Gasteiger partial charge in [0, 0.05) is 23.4 Å². The number of amides is 1. The number of fused-ring (bicyclic) bond motifs is 2. The Morgan fingerprint density at radius 3 is 2.96 bits per heavy atom. The van der Waals surface area contributed by atoms with Gasteiger partial charge >= 0.3 is 0 Å². The van der Waals surface area contributed by atoms with Crippen molar-refractivity contribution in [1.82, 2.24) is 0 Å². The zero-order valence-corrected chi connectivity index (χ0v) is 15.0. The standard InChI is InChI=1S/C21H24N2O3/c1-25-16-8-10-20-17(13-16)19(5-3-11-26-20)22-15-7-9-18-14(12-15)4-2-6-21(24)23-18/h7-10,12-13,19,22H,2-6,11H2,1H3,(H,23,24). The molecule has 2 aromatic carbocycles. The number of carbonyl (C=O) groups excluding carboxylic acids is 1. The number of anilines is 2. The Hall–Kier alpha value is -2.69. The van der Waals surface area contributed by atoms with E-state index in [1.54, 1.807) is 7.11 Å². The fraction of sp³-hybridized carbons (Fsp3) is 0.381. The molecule has 4 rings (SSSR count). The quantitative estimate of drug-likeness (QED) is 0.865. The van der Waals surface area contributed by atoms with Crippen LogP contribution >= 0.6 is 0 Å². The Kier molecular flexibility index (Phi) is 4.69. The highest BCUT2D eigenvalue weighted by Gasteiger charge is 2.21. The van der Waals surface area contributed by atoms with Crippen molar-refractivity contribution in [3.63, 3.8) is 0 Å². The molecule has 2 N–H and O–H groups in total. The molecule has 2 heterocycles. The molecule has 1 atom stereocenters. The SMILES string of the molecule is COc1ccc2c(c1)C(Nc1ccc3c(c1)CCCC(=O)N3)CCCO2. The van der Waals surface area contributed by atoms with E-state index < -0.39 is 0 Å². The van der Waals surface area contributed by atoms with Gasteiger partial charge in [0.25, 0.3) is 0 Å². The molecule has 5 heteroatoms. The van der Waals surface area contributed by atoms with Crippen LogP contribution in [-0.4, -0.2) is 19.6 Å². The number of benzene rings is 2. The minimum Gasteiger partial charge on any atom is -0.497 e. The molecule has 2 aliphatic rings. The van der Waals surface area contributed by atoms with Crippen molar-refractivity contribution in [3.05, 3.63) is 47.5 Å². The summed E-state index contributed by atoms with van der Waals surface area (Å²) in [5.74, 6) is 1.86. The predicted octanol–water partition coefficient (Wildman–Crippen LogP) is 4.30. The summed E-state index contributed by atoms with van der Waals surface area (Å²) in [7, 11) is 1.68. The summed E-state index contributed by atoms with van der Waals surface area (Å²) in [6.07, 6.45) is 4.38. The highest BCUT2D eigenvalue weighted by Crippen LogP contribution is 2.37. The summed E-state index contributed by atoms with van der Waals surface area (Å²) >= 11 is 0. The normalized spacial score (nSPS) is 19.1. The summed E-state index contributed by atoms with van der Waals surface area (Å²) in [5, 5.41) is 6.65. The van der Waals surface area contributed by atoms with E-state index in [2.05, 4.69) is 22.8 Å². The lowest BCUT2D eigenvalue weighted by atomic mass is 10.0. The first-order chi connectivity index (χ1) is 12.7. The molecule has 0 saturated carbocycles. The molecule has 0 spiro atoms. The van der Waals surface area contributed by atoms with Crippen LogP contribution in [0, 0.1) is 0 Å². The molecule has 136 valence electrons. The number of rotatable bonds is 3. The summed E-state index contributed by atoms with van der Waals surface area (Å²) in [5.41, 5.74) is 4.33. The van der Waals surface area contributed by atoms with Crippen molar-refractivity contribution in [2.45, 2.75) is 38.1 Å². The first-order valence-corrected chi connectivity index (χ1v) is 9.23. The number of nitrogens with one attached hydrogen (secondary N) is 2. The highest BCUT2D eigenvalue weighted by atomic mass is 16.5. The third-order valence-corrected chi connectivity index (χ3v) is 5.06. The first-order valence-electron chi connectivity index (χ1n) is 9.23. The van der Waals surface area contributed by atoms with Crippen LogP contribution in [0.3, 0.4) is 0 Å². The first kappa shape index (κ1) is 16.8. The van der Waals surface area contributed by atoms with E-state index in [0.29, 0.717) is 6.42 Å². The van der Waals surface area contributed by atoms with Crippen molar-refractivity contribution in [1.29, 1.82) is 0 Å². The lowest BCUT2D eigenvalue weighted by Gasteiger charge is -2.21. The zero-order valence-electron chi connectivity index (χ0n) is 15.0. The van der Waals surface area contributed by atoms with E-state index in [-0.39, 0.29) is 11.9 Å². The van der Waals surface area contributed by atoms with Gasteiger partial charge in [0.15, 0.2) is 0 Å². The van der Waals surface area contributed by atoms with Crippen molar-refractivity contribution in [2.24, 2.45) is 0 Å². The van der Waals surface area contributed by atoms with Crippen LogP contribution < -0.4 is 20.1 Å². The Morgan fingerprint density at radius 1 is 1.15 bits per heavy atom. The van der Waals surface area contributed by atoms with Crippen LogP contribution in [0.15, 0.2) is 36.4 Å². The fourth-order valence-corrected chi connectivity index (χ4v) is 3.70. The largest absolute Gasteiger partial charge is 0.497 e. The molecule has 0 saturated heterocycles. The lowest BCUT2D eigenvalue weighted by molar-refractivity contribution is -0.116. The summed E-state index contributed by atoms with van der Waals surface area (Å²) in [6, 6.07) is 12.3. The van der Waals surface area contributed by atoms with Gasteiger partial charge in [-0.05, 0) is 67.6 Å². The number of carbonyl (C=O) groups is 1. The van der Waals surface area contributed by atoms with E-state index >= 15 is 0 Å². The number of methoxy groups -OCH3 is 1. The molecule has 0 radical (unpaired) electrons. The molecule has 0 aromatic heterocycles. The summed E-state index contributed by atoms with van der Waals surface area (Å²) in [4.78, 5) is 11.7. The Labute approximate surface area is 153 Å². The molecule has 1 amide bonds. The Bertz CT molecular complexity index is 819. The van der Waals surface area contributed by atoms with Gasteiger partial charge in [-0.25, -0.2) is 0 Å². The van der Waals surface area contributed by atoms with Crippen molar-refractivity contribution < 1.29 is 14.3 Å². The number of aryl methyl sites for hydroxylation is 1. The topological polar surface area (TPSA) is 59.6 Å². The van der Waals surface area contributed by atoms with Crippen molar-refractivity contribution in [3.8, 4) is 11.5 Å². The van der Waals surface area contributed by atoms with E-state index in [0.717, 1.165) is 60.7 Å². The van der Waals surface area contributed by atoms with Gasteiger partial charge in [-0.2, -0.15) is 0 Å². The maximum atomic E-state index is 11.7. The van der Waals surface area contributed by atoms with Crippen LogP contribution in [0.4, 0.5) is 11.4 Å². The van der Waals surface area contributed by atoms with Gasteiger partial charge in [0.2, 0.25) is 5.91 Å². The zero-order chi connectivity index (χ0) is 17.9. The van der Waals surface area contributed by atoms with Gasteiger partial charge in [0.1, 0.15) is 11.5 Å². The average Bonchev–Trinajstić information content (AvgIpc) is 2.96. The fourth-order valence-electron chi connectivity index (χ4n) is 3.70. The molecule has 1 unspecified atom stereocenters. The molecule has 2 aromatic rings. The summed E-state index contributed by atoms with van der Waals surface area (Å²) < 4.78 is 11.3. The lowest BCUT2D eigenvalue weighted by Crippen LogP contribution is -2.11. The molecule has 0 fully saturated rings. The van der Waals surface area contributed by atoms with E-state index in [1.807, 2.05) is 24.3 Å². The van der Waals surface area contributed by atoms with Gasteiger partial charge in [-0.3, -0.25) is 4.79 Å². The third kappa shape index (κ3) is 3.47. The molecular formula is C21H24N2O3. The second-order valence-electron chi connectivity index (χ2n) is 6.87. The van der Waals surface area contributed by atoms with Crippen LogP contribution in [0.25, 0.3) is 0 Å². The second-order valence-corrected chi connectivity index (χ2v) is 6.87. The van der Waals surface area contributed by atoms with E-state index in [1.165, 1.54) is 5.56 Å². The monoisotopic (exact) mass is 352 g/mol. The van der Waals surface area contributed by atoms with E-state index in [9.17, 15) is 4.79 Å². The van der Waals surface area contributed by atoms with E-state index in [4.69, 9.17) is 9.47 Å². The molecule has 0 bridgehead atoms. The molecule has 0 aliphatic carbocycles. The Morgan fingerprint density at radius 2 is 2.08 bits per heavy atom. The highest BCUT2D eigenvalue weighted by molar-refractivity contribution is 5.92. The number of ether oxygens (including phenoxy) is 2. The summed E-state index contributed by atoms with van der Waals surface area (Å²) in [6.45, 7) is 0.730. The van der Waals surface area contributed by atoms with Crippen LogP contribution in [0.5, 0.6) is 11.5 Å². The molecular weight excluding hydrogens is 328 g/mol. The van der Waals surface area contributed by atoms with Gasteiger partial charge < -0.3 is 20.1 Å². The maximum Gasteiger partial charge on any atom is 0.224 e. The molecule has 5 nitrogen and oxygen atoms in total. The number of hydrogen-bond donors (Lipinski definition) is 2. The minimum atomic E-state index is 0.103. The second kappa shape index (κ2) is 7.28. The molecule has 2 aliphatic heterocycles. The number of hydrogen-bond acceptors (Lipinski definition) is 4. The van der Waals surface area contributed by atoms with Crippen LogP contribution in [0.1, 0.15) is 42.9 Å². The van der Waals surface area contributed by atoms with Gasteiger partial charge in [-0.1, -0.05) is 0 Å². The van der Waals surface area contributed by atoms with Gasteiger partial charge in [-0.15, -0.1) is 0 Å². The van der Waals surface area contributed by atoms with Crippen molar-refractivity contribution >= 4 is 17.3 Å². The van der Waals surface area contributed by atoms with Crippen molar-refractivity contribution in [2.75, 3.05) is 24.4 Å². The Balaban J connectivity index is 1.61. The maximum absolute atomic E-state index is 11.7. The smallest absolute Gasteiger partial charge is 0.224 e. The average molecular weight is 352 g/mol. The van der Waals surface area contributed by atoms with Gasteiger partial charge in [0.05, 0.1) is 19.8 Å².